The average Bonchev–Trinajstić information content (AvgIpc) is 2.66. The first-order valence-electron chi connectivity index (χ1n) is 9.80. The summed E-state index contributed by atoms with van der Waals surface area (Å²) in [6.45, 7) is 6.82. The Balaban J connectivity index is 1.78. The van der Waals surface area contributed by atoms with E-state index in [2.05, 4.69) is 26.1 Å². The molecule has 1 aromatic rings. The van der Waals surface area contributed by atoms with Gasteiger partial charge in [0.15, 0.2) is 6.61 Å². The van der Waals surface area contributed by atoms with Crippen LogP contribution in [0.5, 0.6) is 5.75 Å². The Kier molecular flexibility index (Phi) is 7.45. The van der Waals surface area contributed by atoms with Crippen molar-refractivity contribution in [2.24, 2.45) is 17.1 Å². The summed E-state index contributed by atoms with van der Waals surface area (Å²) in [5, 5.41) is 3.12. The molecule has 0 spiro atoms. The smallest absolute Gasteiger partial charge is 0.255 e. The summed E-state index contributed by atoms with van der Waals surface area (Å²) < 4.78 is 5.21. The minimum Gasteiger partial charge on any atom is -0.484 e. The molecule has 148 valence electrons. The summed E-state index contributed by atoms with van der Waals surface area (Å²) in [7, 11) is 0. The number of benzene rings is 1. The molecule has 0 unspecified atom stereocenters. The highest BCUT2D eigenvalue weighted by Crippen LogP contribution is 2.40. The molecule has 2 amide bonds. The fourth-order valence-corrected chi connectivity index (χ4v) is 3.56. The number of carbonyl (C=O) groups excluding carboxylic acids is 2. The van der Waals surface area contributed by atoms with Gasteiger partial charge in [-0.05, 0) is 60.8 Å². The van der Waals surface area contributed by atoms with Crippen LogP contribution in [0.2, 0.25) is 0 Å². The molecule has 0 saturated heterocycles. The molecular formula is C22H32N2O3. The predicted octanol–water partition coefficient (Wildman–Crippen LogP) is 3.68. The lowest BCUT2D eigenvalue weighted by Gasteiger charge is -2.39. The summed E-state index contributed by atoms with van der Waals surface area (Å²) in [5.41, 5.74) is 6.33. The molecule has 1 fully saturated rings. The number of amides is 2. The van der Waals surface area contributed by atoms with Crippen LogP contribution < -0.4 is 15.8 Å². The third-order valence-corrected chi connectivity index (χ3v) is 5.78. The molecule has 1 aliphatic rings. The van der Waals surface area contributed by atoms with E-state index in [1.54, 1.807) is 24.3 Å². The summed E-state index contributed by atoms with van der Waals surface area (Å²) in [6, 6.07) is 7.43. The van der Waals surface area contributed by atoms with Gasteiger partial charge in [0, 0.05) is 12.1 Å². The van der Waals surface area contributed by atoms with Crippen molar-refractivity contribution in [2.45, 2.75) is 58.9 Å². The number of ether oxygens (including phenoxy) is 1. The Hall–Kier alpha value is -2.30. The Morgan fingerprint density at radius 2 is 1.81 bits per heavy atom. The summed E-state index contributed by atoms with van der Waals surface area (Å²) in [6.07, 6.45) is 9.02. The summed E-state index contributed by atoms with van der Waals surface area (Å²) >= 11 is 0. The van der Waals surface area contributed by atoms with E-state index in [1.807, 2.05) is 12.1 Å². The molecule has 0 heterocycles. The fraction of sp³-hybridized carbons (Fsp3) is 0.545. The van der Waals surface area contributed by atoms with Crippen molar-refractivity contribution in [3.63, 3.8) is 0 Å². The van der Waals surface area contributed by atoms with Crippen LogP contribution in [0, 0.1) is 11.3 Å². The second-order valence-electron chi connectivity index (χ2n) is 8.06. The number of rotatable bonds is 8. The molecule has 3 N–H and O–H groups in total. The summed E-state index contributed by atoms with van der Waals surface area (Å²) in [5.74, 6) is 0.758. The van der Waals surface area contributed by atoms with Gasteiger partial charge in [0.05, 0.1) is 0 Å². The Morgan fingerprint density at radius 1 is 1.19 bits per heavy atom. The minimum atomic E-state index is -0.511. The van der Waals surface area contributed by atoms with E-state index in [0.717, 1.165) is 24.3 Å². The van der Waals surface area contributed by atoms with Gasteiger partial charge in [-0.25, -0.2) is 0 Å². The number of primary amides is 1. The van der Waals surface area contributed by atoms with Crippen molar-refractivity contribution < 1.29 is 14.3 Å². The zero-order valence-corrected chi connectivity index (χ0v) is 16.7. The van der Waals surface area contributed by atoms with Gasteiger partial charge in [-0.2, -0.15) is 0 Å². The first-order valence-corrected chi connectivity index (χ1v) is 9.80. The van der Waals surface area contributed by atoms with Crippen LogP contribution in [0.15, 0.2) is 30.3 Å². The van der Waals surface area contributed by atoms with Crippen molar-refractivity contribution in [2.75, 3.05) is 6.61 Å². The predicted molar refractivity (Wildman–Crippen MR) is 108 cm³/mol. The number of nitrogens with one attached hydrogen (secondary N) is 1. The standard InChI is InChI=1S/C22H32N2O3/c1-4-22(2,3)17-8-10-18(11-9-17)24-21(26)14-7-16-5-12-19(13-6-16)27-15-20(23)25/h5-7,12-14,17-18H,4,8-11,15H2,1-3H3,(H2,23,25)(H,24,26). The second kappa shape index (κ2) is 9.58. The van der Waals surface area contributed by atoms with E-state index < -0.39 is 5.91 Å². The Bertz CT molecular complexity index is 657. The number of nitrogens with two attached hydrogens (primary N) is 1. The highest BCUT2D eigenvalue weighted by molar-refractivity contribution is 5.91. The summed E-state index contributed by atoms with van der Waals surface area (Å²) in [4.78, 5) is 22.9. The first kappa shape index (κ1) is 21.0. The lowest BCUT2D eigenvalue weighted by atomic mass is 9.69. The fourth-order valence-electron chi connectivity index (χ4n) is 3.56. The van der Waals surface area contributed by atoms with E-state index in [0.29, 0.717) is 11.2 Å². The molecule has 0 atom stereocenters. The molecule has 0 aromatic heterocycles. The third-order valence-electron chi connectivity index (χ3n) is 5.78. The van der Waals surface area contributed by atoms with Gasteiger partial charge in [0.1, 0.15) is 5.75 Å². The number of carbonyl (C=O) groups is 2. The van der Waals surface area contributed by atoms with Gasteiger partial charge in [0.25, 0.3) is 5.91 Å². The topological polar surface area (TPSA) is 81.4 Å². The third kappa shape index (κ3) is 6.74. The van der Waals surface area contributed by atoms with Crippen LogP contribution in [0.1, 0.15) is 58.4 Å². The molecule has 5 heteroatoms. The second-order valence-corrected chi connectivity index (χ2v) is 8.06. The van der Waals surface area contributed by atoms with Crippen LogP contribution in [-0.4, -0.2) is 24.5 Å². The van der Waals surface area contributed by atoms with E-state index in [4.69, 9.17) is 10.5 Å². The number of hydrogen-bond donors (Lipinski definition) is 2. The normalized spacial score (nSPS) is 20.4. The van der Waals surface area contributed by atoms with Crippen molar-refractivity contribution in [3.8, 4) is 5.75 Å². The maximum absolute atomic E-state index is 12.2. The lowest BCUT2D eigenvalue weighted by Crippen LogP contribution is -2.39. The molecule has 2 rings (SSSR count). The van der Waals surface area contributed by atoms with E-state index >= 15 is 0 Å². The molecule has 0 radical (unpaired) electrons. The molecule has 1 aromatic carbocycles. The van der Waals surface area contributed by atoms with Gasteiger partial charge >= 0.3 is 0 Å². The quantitative estimate of drug-likeness (QED) is 0.683. The molecule has 5 nitrogen and oxygen atoms in total. The molecular weight excluding hydrogens is 340 g/mol. The van der Waals surface area contributed by atoms with Gasteiger partial charge < -0.3 is 15.8 Å². The van der Waals surface area contributed by atoms with E-state index in [1.165, 1.54) is 19.3 Å². The van der Waals surface area contributed by atoms with Crippen molar-refractivity contribution in [1.29, 1.82) is 0 Å². The maximum atomic E-state index is 12.2. The van der Waals surface area contributed by atoms with Crippen LogP contribution >= 0.6 is 0 Å². The largest absolute Gasteiger partial charge is 0.484 e. The van der Waals surface area contributed by atoms with Crippen molar-refractivity contribution in [3.05, 3.63) is 35.9 Å². The van der Waals surface area contributed by atoms with Gasteiger partial charge in [-0.3, -0.25) is 9.59 Å². The molecule has 1 aliphatic carbocycles. The Labute approximate surface area is 162 Å². The minimum absolute atomic E-state index is 0.0535. The zero-order chi connectivity index (χ0) is 19.9. The molecule has 1 saturated carbocycles. The van der Waals surface area contributed by atoms with E-state index in [-0.39, 0.29) is 18.6 Å². The molecule has 27 heavy (non-hydrogen) atoms. The SMILES string of the molecule is CCC(C)(C)C1CCC(NC(=O)C=Cc2ccc(OCC(N)=O)cc2)CC1. The average molecular weight is 373 g/mol. The van der Waals surface area contributed by atoms with Gasteiger partial charge in [0.2, 0.25) is 5.91 Å². The van der Waals surface area contributed by atoms with Crippen LogP contribution in [-0.2, 0) is 9.59 Å². The van der Waals surface area contributed by atoms with Crippen LogP contribution in [0.4, 0.5) is 0 Å². The first-order chi connectivity index (χ1) is 12.8. The monoisotopic (exact) mass is 372 g/mol. The molecule has 0 bridgehead atoms. The zero-order valence-electron chi connectivity index (χ0n) is 16.7. The van der Waals surface area contributed by atoms with Crippen molar-refractivity contribution >= 4 is 17.9 Å². The van der Waals surface area contributed by atoms with Crippen LogP contribution in [0.25, 0.3) is 6.08 Å². The lowest BCUT2D eigenvalue weighted by molar-refractivity contribution is -0.120. The highest BCUT2D eigenvalue weighted by Gasteiger charge is 2.31. The van der Waals surface area contributed by atoms with E-state index in [9.17, 15) is 9.59 Å². The Morgan fingerprint density at radius 3 is 2.37 bits per heavy atom. The maximum Gasteiger partial charge on any atom is 0.255 e. The van der Waals surface area contributed by atoms with Gasteiger partial charge in [-0.1, -0.05) is 39.3 Å². The molecule has 0 aliphatic heterocycles. The highest BCUT2D eigenvalue weighted by atomic mass is 16.5. The van der Waals surface area contributed by atoms with Crippen molar-refractivity contribution in [1.82, 2.24) is 5.32 Å². The number of hydrogen-bond acceptors (Lipinski definition) is 3. The van der Waals surface area contributed by atoms with Gasteiger partial charge in [-0.15, -0.1) is 0 Å². The van der Waals surface area contributed by atoms with Crippen LogP contribution in [0.3, 0.4) is 0 Å².